The van der Waals surface area contributed by atoms with Crippen LogP contribution in [0.25, 0.3) is 0 Å². The van der Waals surface area contributed by atoms with E-state index in [-0.39, 0.29) is 0 Å². The second-order valence-electron chi connectivity index (χ2n) is 5.77. The highest BCUT2D eigenvalue weighted by Crippen LogP contribution is 2.15. The molecule has 0 saturated carbocycles. The molecular formula is C16H25BrN2. The second-order valence-corrected chi connectivity index (χ2v) is 6.69. The van der Waals surface area contributed by atoms with Gasteiger partial charge in [-0.05, 0) is 57.5 Å². The lowest BCUT2D eigenvalue weighted by molar-refractivity contribution is 0.178. The van der Waals surface area contributed by atoms with Gasteiger partial charge in [-0.3, -0.25) is 0 Å². The van der Waals surface area contributed by atoms with Gasteiger partial charge in [0.1, 0.15) is 0 Å². The molecule has 1 aliphatic heterocycles. The summed E-state index contributed by atoms with van der Waals surface area (Å²) in [7, 11) is 2.25. The third-order valence-corrected chi connectivity index (χ3v) is 4.61. The van der Waals surface area contributed by atoms with Crippen molar-refractivity contribution in [1.29, 1.82) is 0 Å². The van der Waals surface area contributed by atoms with Crippen LogP contribution in [0, 0.1) is 0 Å². The topological polar surface area (TPSA) is 15.3 Å². The summed E-state index contributed by atoms with van der Waals surface area (Å²) in [6.07, 6.45) is 5.19. The Kier molecular flexibility index (Phi) is 5.86. The standard InChI is InChI=1S/C16H25BrN2/c1-13(11-14-6-8-15(17)9-7-14)18-12-16-5-3-4-10-19(16)2/h6-9,13,16,18H,3-5,10-12H2,1-2H3. The highest BCUT2D eigenvalue weighted by atomic mass is 79.9. The molecule has 0 aliphatic carbocycles. The molecule has 0 aromatic heterocycles. The molecule has 3 heteroatoms. The quantitative estimate of drug-likeness (QED) is 0.892. The van der Waals surface area contributed by atoms with Crippen molar-refractivity contribution in [3.05, 3.63) is 34.3 Å². The molecule has 1 aliphatic rings. The molecule has 2 rings (SSSR count). The fraction of sp³-hybridized carbons (Fsp3) is 0.625. The molecule has 0 bridgehead atoms. The van der Waals surface area contributed by atoms with Crippen LogP contribution in [-0.4, -0.2) is 37.1 Å². The fourth-order valence-corrected chi connectivity index (χ4v) is 3.05. The molecule has 1 saturated heterocycles. The van der Waals surface area contributed by atoms with E-state index < -0.39 is 0 Å². The number of rotatable bonds is 5. The van der Waals surface area contributed by atoms with Crippen molar-refractivity contribution in [2.24, 2.45) is 0 Å². The first kappa shape index (κ1) is 15.0. The molecule has 2 atom stereocenters. The molecule has 2 unspecified atom stereocenters. The monoisotopic (exact) mass is 324 g/mol. The summed E-state index contributed by atoms with van der Waals surface area (Å²) in [6.45, 7) is 4.66. The summed E-state index contributed by atoms with van der Waals surface area (Å²) >= 11 is 3.48. The maximum Gasteiger partial charge on any atom is 0.0217 e. The van der Waals surface area contributed by atoms with Gasteiger partial charge in [-0.15, -0.1) is 0 Å². The molecule has 0 spiro atoms. The third-order valence-electron chi connectivity index (χ3n) is 4.08. The van der Waals surface area contributed by atoms with Crippen LogP contribution in [0.4, 0.5) is 0 Å². The predicted molar refractivity (Wildman–Crippen MR) is 85.6 cm³/mol. The van der Waals surface area contributed by atoms with Crippen LogP contribution in [0.15, 0.2) is 28.7 Å². The first-order valence-corrected chi connectivity index (χ1v) is 8.12. The minimum atomic E-state index is 0.538. The van der Waals surface area contributed by atoms with Gasteiger partial charge in [-0.2, -0.15) is 0 Å². The van der Waals surface area contributed by atoms with Gasteiger partial charge in [0.15, 0.2) is 0 Å². The summed E-state index contributed by atoms with van der Waals surface area (Å²) in [5.74, 6) is 0. The van der Waals surface area contributed by atoms with Crippen molar-refractivity contribution >= 4 is 15.9 Å². The first-order chi connectivity index (χ1) is 9.15. The molecule has 1 N–H and O–H groups in total. The number of hydrogen-bond acceptors (Lipinski definition) is 2. The Morgan fingerprint density at radius 3 is 2.74 bits per heavy atom. The van der Waals surface area contributed by atoms with E-state index in [0.717, 1.165) is 23.5 Å². The number of benzene rings is 1. The maximum atomic E-state index is 3.69. The highest BCUT2D eigenvalue weighted by molar-refractivity contribution is 9.10. The second kappa shape index (κ2) is 7.41. The average Bonchev–Trinajstić information content (AvgIpc) is 2.40. The average molecular weight is 325 g/mol. The molecule has 1 aromatic carbocycles. The molecule has 2 nitrogen and oxygen atoms in total. The Labute approximate surface area is 125 Å². The van der Waals surface area contributed by atoms with E-state index in [1.165, 1.54) is 31.4 Å². The number of hydrogen-bond donors (Lipinski definition) is 1. The number of nitrogens with zero attached hydrogens (tertiary/aromatic N) is 1. The van der Waals surface area contributed by atoms with Gasteiger partial charge in [0.25, 0.3) is 0 Å². The van der Waals surface area contributed by atoms with Crippen molar-refractivity contribution in [3.63, 3.8) is 0 Å². The van der Waals surface area contributed by atoms with E-state index in [4.69, 9.17) is 0 Å². The van der Waals surface area contributed by atoms with Crippen molar-refractivity contribution < 1.29 is 0 Å². The predicted octanol–water partition coefficient (Wildman–Crippen LogP) is 3.45. The smallest absolute Gasteiger partial charge is 0.0217 e. The summed E-state index contributed by atoms with van der Waals surface area (Å²) in [5.41, 5.74) is 1.40. The number of likely N-dealkylation sites (N-methyl/N-ethyl adjacent to an activating group) is 1. The Morgan fingerprint density at radius 1 is 1.32 bits per heavy atom. The van der Waals surface area contributed by atoms with Crippen LogP contribution in [-0.2, 0) is 6.42 Å². The zero-order valence-corrected chi connectivity index (χ0v) is 13.6. The van der Waals surface area contributed by atoms with Gasteiger partial charge < -0.3 is 10.2 Å². The van der Waals surface area contributed by atoms with E-state index >= 15 is 0 Å². The van der Waals surface area contributed by atoms with E-state index in [1.807, 2.05) is 0 Å². The van der Waals surface area contributed by atoms with Crippen LogP contribution in [0.3, 0.4) is 0 Å². The third kappa shape index (κ3) is 4.90. The van der Waals surface area contributed by atoms with Gasteiger partial charge in [0, 0.05) is 23.1 Å². The fourth-order valence-electron chi connectivity index (χ4n) is 2.79. The summed E-state index contributed by atoms with van der Waals surface area (Å²) in [6, 6.07) is 9.91. The van der Waals surface area contributed by atoms with Crippen molar-refractivity contribution in [2.45, 2.75) is 44.7 Å². The number of nitrogens with one attached hydrogen (secondary N) is 1. The van der Waals surface area contributed by atoms with Crippen LogP contribution >= 0.6 is 15.9 Å². The Hall–Kier alpha value is -0.380. The molecule has 1 aromatic rings. The van der Waals surface area contributed by atoms with Gasteiger partial charge in [0.05, 0.1) is 0 Å². The normalized spacial score (nSPS) is 22.4. The number of likely N-dealkylation sites (tertiary alicyclic amines) is 1. The lowest BCUT2D eigenvalue weighted by atomic mass is 10.0. The Morgan fingerprint density at radius 2 is 2.05 bits per heavy atom. The maximum absolute atomic E-state index is 3.69. The molecule has 19 heavy (non-hydrogen) atoms. The molecular weight excluding hydrogens is 300 g/mol. The van der Waals surface area contributed by atoms with Crippen LogP contribution in [0.1, 0.15) is 31.7 Å². The molecule has 106 valence electrons. The zero-order valence-electron chi connectivity index (χ0n) is 12.0. The molecule has 0 radical (unpaired) electrons. The lowest BCUT2D eigenvalue weighted by Gasteiger charge is -2.33. The van der Waals surface area contributed by atoms with Crippen LogP contribution in [0.2, 0.25) is 0 Å². The van der Waals surface area contributed by atoms with Crippen molar-refractivity contribution in [1.82, 2.24) is 10.2 Å². The summed E-state index contributed by atoms with van der Waals surface area (Å²) in [5, 5.41) is 3.69. The van der Waals surface area contributed by atoms with Gasteiger partial charge in [-0.25, -0.2) is 0 Å². The minimum absolute atomic E-state index is 0.538. The lowest BCUT2D eigenvalue weighted by Crippen LogP contribution is -2.45. The van der Waals surface area contributed by atoms with Crippen molar-refractivity contribution in [2.75, 3.05) is 20.1 Å². The SMILES string of the molecule is CC(Cc1ccc(Br)cc1)NCC1CCCCN1C. The van der Waals surface area contributed by atoms with E-state index in [0.29, 0.717) is 6.04 Å². The highest BCUT2D eigenvalue weighted by Gasteiger charge is 2.18. The zero-order chi connectivity index (χ0) is 13.7. The summed E-state index contributed by atoms with van der Waals surface area (Å²) < 4.78 is 1.15. The number of piperidine rings is 1. The van der Waals surface area contributed by atoms with E-state index in [1.54, 1.807) is 0 Å². The van der Waals surface area contributed by atoms with Gasteiger partial charge >= 0.3 is 0 Å². The first-order valence-electron chi connectivity index (χ1n) is 7.33. The Balaban J connectivity index is 1.74. The summed E-state index contributed by atoms with van der Waals surface area (Å²) in [4.78, 5) is 2.50. The van der Waals surface area contributed by atoms with Crippen molar-refractivity contribution in [3.8, 4) is 0 Å². The van der Waals surface area contributed by atoms with E-state index in [2.05, 4.69) is 64.4 Å². The molecule has 1 fully saturated rings. The van der Waals surface area contributed by atoms with Crippen LogP contribution in [0.5, 0.6) is 0 Å². The van der Waals surface area contributed by atoms with Crippen LogP contribution < -0.4 is 5.32 Å². The van der Waals surface area contributed by atoms with E-state index in [9.17, 15) is 0 Å². The molecule has 0 amide bonds. The largest absolute Gasteiger partial charge is 0.312 e. The molecule has 1 heterocycles. The Bertz CT molecular complexity index is 377. The number of halogens is 1. The minimum Gasteiger partial charge on any atom is -0.312 e. The van der Waals surface area contributed by atoms with Gasteiger partial charge in [-0.1, -0.05) is 34.5 Å². The van der Waals surface area contributed by atoms with Gasteiger partial charge in [0.2, 0.25) is 0 Å².